The molecule has 2 aliphatic rings. The molecule has 4 nitrogen and oxygen atoms in total. The van der Waals surface area contributed by atoms with Gasteiger partial charge in [-0.05, 0) is 43.5 Å². The maximum absolute atomic E-state index is 12.7. The molecular weight excluding hydrogens is 366 g/mol. The predicted molar refractivity (Wildman–Crippen MR) is 98.3 cm³/mol. The summed E-state index contributed by atoms with van der Waals surface area (Å²) < 4.78 is 25.4. The van der Waals surface area contributed by atoms with E-state index in [-0.39, 0.29) is 10.8 Å². The maximum Gasteiger partial charge on any atom is 0.232 e. The van der Waals surface area contributed by atoms with Crippen LogP contribution in [-0.2, 0) is 14.6 Å². The van der Waals surface area contributed by atoms with E-state index in [1.165, 1.54) is 37.8 Å². The number of sulfone groups is 1. The Kier molecular flexibility index (Phi) is 5.78. The average molecular weight is 388 g/mol. The molecule has 0 bridgehead atoms. The van der Waals surface area contributed by atoms with Crippen LogP contribution in [0.25, 0.3) is 0 Å². The van der Waals surface area contributed by atoms with Crippen LogP contribution in [0, 0.1) is 0 Å². The number of nitrogens with zero attached hydrogens (tertiary/aromatic N) is 1. The molecule has 1 saturated carbocycles. The van der Waals surface area contributed by atoms with E-state index in [1.54, 1.807) is 28.8 Å². The summed E-state index contributed by atoms with van der Waals surface area (Å²) in [6, 6.07) is 6.26. The highest BCUT2D eigenvalue weighted by atomic mass is 35.5. The first-order chi connectivity index (χ1) is 11.5. The highest BCUT2D eigenvalue weighted by molar-refractivity contribution is 8.00. The highest BCUT2D eigenvalue weighted by Gasteiger charge is 2.36. The van der Waals surface area contributed by atoms with Crippen molar-refractivity contribution in [3.8, 4) is 0 Å². The molecule has 1 aliphatic heterocycles. The quantitative estimate of drug-likeness (QED) is 0.777. The van der Waals surface area contributed by atoms with Crippen molar-refractivity contribution in [3.63, 3.8) is 0 Å². The molecule has 0 aromatic heterocycles. The fourth-order valence-electron chi connectivity index (χ4n) is 3.36. The Morgan fingerprint density at radius 3 is 2.50 bits per heavy atom. The summed E-state index contributed by atoms with van der Waals surface area (Å²) in [5, 5.41) is 0.602. The van der Waals surface area contributed by atoms with Crippen LogP contribution in [-0.4, -0.2) is 48.6 Å². The van der Waals surface area contributed by atoms with Crippen molar-refractivity contribution in [2.75, 3.05) is 18.8 Å². The molecule has 1 unspecified atom stereocenters. The van der Waals surface area contributed by atoms with Crippen LogP contribution >= 0.6 is 23.4 Å². The van der Waals surface area contributed by atoms with Crippen molar-refractivity contribution in [2.24, 2.45) is 0 Å². The number of thioether (sulfide) groups is 1. The Morgan fingerprint density at radius 1 is 1.17 bits per heavy atom. The Morgan fingerprint density at radius 2 is 1.83 bits per heavy atom. The van der Waals surface area contributed by atoms with E-state index in [0.717, 1.165) is 0 Å². The monoisotopic (exact) mass is 387 g/mol. The van der Waals surface area contributed by atoms with E-state index in [4.69, 9.17) is 11.6 Å². The van der Waals surface area contributed by atoms with Gasteiger partial charge in [0.05, 0.1) is 15.9 Å². The summed E-state index contributed by atoms with van der Waals surface area (Å²) in [5.41, 5.74) is 0. The number of halogens is 1. The van der Waals surface area contributed by atoms with Crippen molar-refractivity contribution >= 4 is 39.1 Å². The molecule has 1 atom stereocenters. The zero-order valence-corrected chi connectivity index (χ0v) is 15.9. The molecule has 1 aromatic carbocycles. The third-order valence-electron chi connectivity index (χ3n) is 4.82. The van der Waals surface area contributed by atoms with Gasteiger partial charge in [0.25, 0.3) is 0 Å². The lowest BCUT2D eigenvalue weighted by Gasteiger charge is -2.18. The second kappa shape index (κ2) is 7.67. The van der Waals surface area contributed by atoms with Gasteiger partial charge in [-0.25, -0.2) is 8.42 Å². The number of carbonyl (C=O) groups excluding carboxylic acids is 1. The summed E-state index contributed by atoms with van der Waals surface area (Å²) in [4.78, 5) is 14.3. The lowest BCUT2D eigenvalue weighted by atomic mass is 10.4. The lowest BCUT2D eigenvalue weighted by molar-refractivity contribution is -0.127. The lowest BCUT2D eigenvalue weighted by Crippen LogP contribution is -2.33. The molecule has 24 heavy (non-hydrogen) atoms. The third-order valence-corrected chi connectivity index (χ3v) is 8.62. The molecule has 132 valence electrons. The fourth-order valence-corrected chi connectivity index (χ4v) is 6.41. The van der Waals surface area contributed by atoms with Crippen molar-refractivity contribution in [3.05, 3.63) is 29.3 Å². The number of hydrogen-bond acceptors (Lipinski definition) is 4. The molecule has 1 aromatic rings. The van der Waals surface area contributed by atoms with E-state index in [2.05, 4.69) is 0 Å². The van der Waals surface area contributed by atoms with Gasteiger partial charge in [0.2, 0.25) is 5.91 Å². The van der Waals surface area contributed by atoms with Gasteiger partial charge in [-0.15, -0.1) is 11.8 Å². The second-order valence-corrected chi connectivity index (χ2v) is 10.4. The average Bonchev–Trinajstić information content (AvgIpc) is 3.25. The minimum atomic E-state index is -3.41. The Labute approximate surface area is 152 Å². The van der Waals surface area contributed by atoms with E-state index < -0.39 is 15.1 Å². The first kappa shape index (κ1) is 18.1. The molecule has 7 heteroatoms. The Hall–Kier alpha value is -0.720. The molecule has 0 spiro atoms. The molecule has 3 rings (SSSR count). The summed E-state index contributed by atoms with van der Waals surface area (Å²) >= 11 is 7.56. The first-order valence-electron chi connectivity index (χ1n) is 8.35. The number of carbonyl (C=O) groups is 1. The van der Waals surface area contributed by atoms with Gasteiger partial charge in [-0.1, -0.05) is 24.4 Å². The van der Waals surface area contributed by atoms with Crippen LogP contribution in [0.4, 0.5) is 0 Å². The molecule has 2 fully saturated rings. The van der Waals surface area contributed by atoms with E-state index in [0.29, 0.717) is 35.5 Å². The highest BCUT2D eigenvalue weighted by Crippen LogP contribution is 2.30. The SMILES string of the molecule is O=C(CSC1CCCC1)N1CCC(S(=O)(=O)c2ccc(Cl)cc2)C1. The van der Waals surface area contributed by atoms with E-state index >= 15 is 0 Å². The van der Waals surface area contributed by atoms with Gasteiger partial charge in [0.1, 0.15) is 0 Å². The van der Waals surface area contributed by atoms with Gasteiger partial charge >= 0.3 is 0 Å². The molecule has 1 aliphatic carbocycles. The van der Waals surface area contributed by atoms with Crippen LogP contribution in [0.5, 0.6) is 0 Å². The number of hydrogen-bond donors (Lipinski definition) is 0. The summed E-state index contributed by atoms with van der Waals surface area (Å²) in [5.74, 6) is 0.541. The van der Waals surface area contributed by atoms with E-state index in [1.807, 2.05) is 0 Å². The number of likely N-dealkylation sites (tertiary alicyclic amines) is 1. The van der Waals surface area contributed by atoms with Crippen molar-refractivity contribution in [1.29, 1.82) is 0 Å². The summed E-state index contributed by atoms with van der Waals surface area (Å²) in [6.07, 6.45) is 5.43. The fraction of sp³-hybridized carbons (Fsp3) is 0.588. The van der Waals surface area contributed by atoms with Crippen molar-refractivity contribution in [2.45, 2.75) is 47.5 Å². The molecule has 0 radical (unpaired) electrons. The number of rotatable bonds is 5. The normalized spacial score (nSPS) is 22.2. The van der Waals surface area contributed by atoms with Crippen LogP contribution in [0.15, 0.2) is 29.2 Å². The Balaban J connectivity index is 1.57. The predicted octanol–water partition coefficient (Wildman–Crippen LogP) is 3.39. The minimum absolute atomic E-state index is 0.0701. The standard InChI is InChI=1S/C17H22ClNO3S2/c18-13-5-7-15(8-6-13)24(21,22)16-9-10-19(11-16)17(20)12-23-14-3-1-2-4-14/h5-8,14,16H,1-4,9-12H2. The van der Waals surface area contributed by atoms with Crippen molar-refractivity contribution < 1.29 is 13.2 Å². The van der Waals surface area contributed by atoms with Crippen LogP contribution in [0.1, 0.15) is 32.1 Å². The zero-order chi connectivity index (χ0) is 17.2. The number of amides is 1. The topological polar surface area (TPSA) is 54.5 Å². The zero-order valence-electron chi connectivity index (χ0n) is 13.5. The first-order valence-corrected chi connectivity index (χ1v) is 11.3. The molecule has 1 saturated heterocycles. The van der Waals surface area contributed by atoms with Gasteiger partial charge in [-0.3, -0.25) is 4.79 Å². The summed E-state index contributed by atoms with van der Waals surface area (Å²) in [6.45, 7) is 0.830. The molecular formula is C17H22ClNO3S2. The van der Waals surface area contributed by atoms with Gasteiger partial charge in [-0.2, -0.15) is 0 Å². The van der Waals surface area contributed by atoms with E-state index in [9.17, 15) is 13.2 Å². The molecule has 0 N–H and O–H groups in total. The van der Waals surface area contributed by atoms with Gasteiger partial charge < -0.3 is 4.90 Å². The number of benzene rings is 1. The maximum atomic E-state index is 12.7. The van der Waals surface area contributed by atoms with Gasteiger partial charge in [0, 0.05) is 23.4 Å². The third kappa shape index (κ3) is 4.09. The van der Waals surface area contributed by atoms with Crippen LogP contribution in [0.3, 0.4) is 0 Å². The minimum Gasteiger partial charge on any atom is -0.341 e. The largest absolute Gasteiger partial charge is 0.341 e. The second-order valence-electron chi connectivity index (χ2n) is 6.47. The molecule has 1 heterocycles. The smallest absolute Gasteiger partial charge is 0.232 e. The van der Waals surface area contributed by atoms with Crippen LogP contribution in [0.2, 0.25) is 5.02 Å². The Bertz CT molecular complexity index is 684. The van der Waals surface area contributed by atoms with Gasteiger partial charge in [0.15, 0.2) is 9.84 Å². The van der Waals surface area contributed by atoms with Crippen molar-refractivity contribution in [1.82, 2.24) is 4.90 Å². The summed E-state index contributed by atoms with van der Waals surface area (Å²) in [7, 11) is -3.41. The van der Waals surface area contributed by atoms with Crippen LogP contribution < -0.4 is 0 Å². The molecule has 1 amide bonds.